The first-order valence-electron chi connectivity index (χ1n) is 11.7. The molecule has 0 spiro atoms. The van der Waals surface area contributed by atoms with Gasteiger partial charge in [-0.1, -0.05) is 6.07 Å². The Kier molecular flexibility index (Phi) is 7.19. The van der Waals surface area contributed by atoms with Crippen molar-refractivity contribution in [1.29, 1.82) is 0 Å². The highest BCUT2D eigenvalue weighted by Crippen LogP contribution is 2.37. The highest BCUT2D eigenvalue weighted by atomic mass is 19.2. The number of aliphatic hydroxyl groups excluding tert-OH is 1. The maximum Gasteiger partial charge on any atom is 0.410 e. The molecule has 2 aromatic carbocycles. The fourth-order valence-electron chi connectivity index (χ4n) is 4.45. The Morgan fingerprint density at radius 1 is 1.17 bits per heavy atom. The molecule has 1 aliphatic heterocycles. The van der Waals surface area contributed by atoms with Crippen molar-refractivity contribution >= 4 is 17.0 Å². The van der Waals surface area contributed by atoms with Gasteiger partial charge in [-0.3, -0.25) is 0 Å². The van der Waals surface area contributed by atoms with Crippen LogP contribution in [0.4, 0.5) is 13.6 Å². The molecule has 1 fully saturated rings. The molecule has 1 N–H and O–H groups in total. The summed E-state index contributed by atoms with van der Waals surface area (Å²) in [6.07, 6.45) is 2.43. The van der Waals surface area contributed by atoms with Crippen LogP contribution in [0.1, 0.15) is 39.2 Å². The van der Waals surface area contributed by atoms with Gasteiger partial charge in [0.1, 0.15) is 5.60 Å². The number of aromatic nitrogens is 2. The van der Waals surface area contributed by atoms with Crippen molar-refractivity contribution in [2.45, 2.75) is 44.6 Å². The highest BCUT2D eigenvalue weighted by molar-refractivity contribution is 5.81. The lowest BCUT2D eigenvalue weighted by molar-refractivity contribution is 0.0123. The molecule has 0 aliphatic carbocycles. The molecular weight excluding hydrogens is 472 g/mol. The second-order valence-electron chi connectivity index (χ2n) is 10.0. The number of nitrogens with zero attached hydrogens (tertiary/aromatic N) is 3. The zero-order chi connectivity index (χ0) is 26.1. The van der Waals surface area contributed by atoms with Crippen LogP contribution in [-0.2, 0) is 14.9 Å². The van der Waals surface area contributed by atoms with Crippen molar-refractivity contribution in [2.24, 2.45) is 0 Å². The fraction of sp³-hybridized carbons (Fsp3) is 0.462. The molecule has 0 unspecified atom stereocenters. The number of carbonyl (C=O) groups is 1. The summed E-state index contributed by atoms with van der Waals surface area (Å²) >= 11 is 0. The molecule has 0 saturated carbocycles. The van der Waals surface area contributed by atoms with Crippen LogP contribution in [0.2, 0.25) is 0 Å². The third-order valence-corrected chi connectivity index (χ3v) is 6.41. The summed E-state index contributed by atoms with van der Waals surface area (Å²) in [6.45, 7) is 6.12. The van der Waals surface area contributed by atoms with Gasteiger partial charge in [-0.25, -0.2) is 13.9 Å². The normalized spacial score (nSPS) is 15.8. The van der Waals surface area contributed by atoms with E-state index >= 15 is 0 Å². The molecule has 0 atom stereocenters. The summed E-state index contributed by atoms with van der Waals surface area (Å²) < 4.78 is 45.3. The molecule has 10 heteroatoms. The van der Waals surface area contributed by atoms with Gasteiger partial charge in [-0.05, 0) is 51.3 Å². The smallest absolute Gasteiger partial charge is 0.410 e. The number of methoxy groups -OCH3 is 1. The van der Waals surface area contributed by atoms with Gasteiger partial charge < -0.3 is 24.2 Å². The van der Waals surface area contributed by atoms with E-state index in [4.69, 9.17) is 14.2 Å². The van der Waals surface area contributed by atoms with Crippen molar-refractivity contribution in [2.75, 3.05) is 33.6 Å². The largest absolute Gasteiger partial charge is 0.464 e. The van der Waals surface area contributed by atoms with Crippen LogP contribution in [0.5, 0.6) is 5.75 Å². The first-order chi connectivity index (χ1) is 17.1. The number of carbonyl (C=O) groups excluding carboxylic acids is 1. The monoisotopic (exact) mass is 503 g/mol. The Morgan fingerprint density at radius 2 is 1.89 bits per heavy atom. The number of fused-ring (bicyclic) bond motifs is 1. The number of ether oxygens (including phenoxy) is 3. The number of benzene rings is 2. The van der Waals surface area contributed by atoms with Crippen molar-refractivity contribution in [3.63, 3.8) is 0 Å². The van der Waals surface area contributed by atoms with Crippen LogP contribution >= 0.6 is 0 Å². The van der Waals surface area contributed by atoms with E-state index in [0.717, 1.165) is 17.0 Å². The number of piperidine rings is 1. The van der Waals surface area contributed by atoms with Crippen LogP contribution in [0.25, 0.3) is 16.6 Å². The Morgan fingerprint density at radius 3 is 2.53 bits per heavy atom. The topological polar surface area (TPSA) is 86.1 Å². The Balaban J connectivity index is 1.59. The van der Waals surface area contributed by atoms with E-state index < -0.39 is 22.7 Å². The highest BCUT2D eigenvalue weighted by Gasteiger charge is 2.38. The average Bonchev–Trinajstić information content (AvgIpc) is 3.27. The zero-order valence-electron chi connectivity index (χ0n) is 20.9. The van der Waals surface area contributed by atoms with E-state index in [2.05, 4.69) is 5.10 Å². The molecule has 1 amide bonds. The quantitative estimate of drug-likeness (QED) is 0.497. The molecule has 0 bridgehead atoms. The van der Waals surface area contributed by atoms with E-state index in [1.165, 1.54) is 17.9 Å². The molecule has 0 radical (unpaired) electrons. The third kappa shape index (κ3) is 5.15. The van der Waals surface area contributed by atoms with E-state index in [9.17, 15) is 18.7 Å². The Bertz CT molecular complexity index is 1250. The van der Waals surface area contributed by atoms with Gasteiger partial charge in [0.15, 0.2) is 18.4 Å². The van der Waals surface area contributed by atoms with Gasteiger partial charge >= 0.3 is 6.09 Å². The molecule has 194 valence electrons. The number of halogens is 2. The van der Waals surface area contributed by atoms with Gasteiger partial charge in [-0.15, -0.1) is 0 Å². The van der Waals surface area contributed by atoms with Gasteiger partial charge in [0, 0.05) is 43.1 Å². The lowest BCUT2D eigenvalue weighted by Crippen LogP contribution is -2.48. The van der Waals surface area contributed by atoms with Gasteiger partial charge in [0.25, 0.3) is 0 Å². The van der Waals surface area contributed by atoms with Gasteiger partial charge in [0.05, 0.1) is 24.0 Å². The first-order valence-corrected chi connectivity index (χ1v) is 11.7. The molecule has 1 aliphatic rings. The van der Waals surface area contributed by atoms with E-state index in [0.29, 0.717) is 37.1 Å². The minimum atomic E-state index is -1.10. The van der Waals surface area contributed by atoms with Crippen LogP contribution in [0.3, 0.4) is 0 Å². The van der Waals surface area contributed by atoms with Crippen molar-refractivity contribution in [3.05, 3.63) is 53.7 Å². The summed E-state index contributed by atoms with van der Waals surface area (Å²) in [5.74, 6) is -2.44. The third-order valence-electron chi connectivity index (χ3n) is 6.41. The van der Waals surface area contributed by atoms with Gasteiger partial charge in [-0.2, -0.15) is 9.49 Å². The number of hydrogen-bond donors (Lipinski definition) is 1. The van der Waals surface area contributed by atoms with E-state index in [1.54, 1.807) is 11.1 Å². The fourth-order valence-corrected chi connectivity index (χ4v) is 4.45. The van der Waals surface area contributed by atoms with Crippen LogP contribution in [0, 0.1) is 11.6 Å². The summed E-state index contributed by atoms with van der Waals surface area (Å²) in [5.41, 5.74) is 0.817. The average molecular weight is 504 g/mol. The summed E-state index contributed by atoms with van der Waals surface area (Å²) in [4.78, 5) is 14.1. The van der Waals surface area contributed by atoms with E-state index in [-0.39, 0.29) is 25.2 Å². The van der Waals surface area contributed by atoms with Crippen molar-refractivity contribution in [1.82, 2.24) is 14.7 Å². The number of hydrogen-bond acceptors (Lipinski definition) is 6. The zero-order valence-corrected chi connectivity index (χ0v) is 20.9. The maximum absolute atomic E-state index is 14.2. The molecular formula is C26H31F2N3O5. The maximum atomic E-state index is 14.2. The predicted octanol–water partition coefficient (Wildman–Crippen LogP) is 4.55. The molecule has 3 aromatic rings. The molecule has 1 aromatic heterocycles. The van der Waals surface area contributed by atoms with Gasteiger partial charge in [0.2, 0.25) is 5.82 Å². The van der Waals surface area contributed by atoms with Crippen molar-refractivity contribution < 1.29 is 32.9 Å². The Hall–Kier alpha value is -3.24. The number of aliphatic hydroxyl groups is 1. The molecule has 36 heavy (non-hydrogen) atoms. The number of amides is 1. The standard InChI is InChI=1S/C26H31F2N3O5/c1-25(2,3)36-24(33)30-9-7-26(15-32,8-10-30)18-5-6-21-17(11-18)14-29-31(21)19-12-20(27)23(28)22(13-19)35-16-34-4/h5-6,11-14,32H,7-10,15-16H2,1-4H3. The van der Waals surface area contributed by atoms with Crippen LogP contribution in [0.15, 0.2) is 36.5 Å². The molecule has 2 heterocycles. The minimum absolute atomic E-state index is 0.0713. The molecule has 4 rings (SSSR count). The van der Waals surface area contributed by atoms with E-state index in [1.807, 2.05) is 39.0 Å². The second-order valence-corrected chi connectivity index (χ2v) is 10.0. The minimum Gasteiger partial charge on any atom is -0.464 e. The van der Waals surface area contributed by atoms with Crippen LogP contribution < -0.4 is 4.74 Å². The number of likely N-dealkylation sites (tertiary alicyclic amines) is 1. The summed E-state index contributed by atoms with van der Waals surface area (Å²) in [6, 6.07) is 8.10. The predicted molar refractivity (Wildman–Crippen MR) is 129 cm³/mol. The summed E-state index contributed by atoms with van der Waals surface area (Å²) in [5, 5.41) is 15.5. The molecule has 1 saturated heterocycles. The second kappa shape index (κ2) is 10.0. The summed E-state index contributed by atoms with van der Waals surface area (Å²) in [7, 11) is 1.39. The first kappa shape index (κ1) is 25.8. The molecule has 8 nitrogen and oxygen atoms in total. The SMILES string of the molecule is COCOc1cc(-n2ncc3cc(C4(CO)CCN(C(=O)OC(C)(C)C)CC4)ccc32)cc(F)c1F. The Labute approximate surface area is 208 Å². The van der Waals surface area contributed by atoms with Crippen molar-refractivity contribution in [3.8, 4) is 11.4 Å². The van der Waals surface area contributed by atoms with Crippen LogP contribution in [-0.4, -0.2) is 65.1 Å². The lowest BCUT2D eigenvalue weighted by Gasteiger charge is -2.41. The lowest BCUT2D eigenvalue weighted by atomic mass is 9.73. The number of rotatable bonds is 6.